The number of hydrogen-bond donors (Lipinski definition) is 1. The molecule has 0 radical (unpaired) electrons. The van der Waals surface area contributed by atoms with Gasteiger partial charge in [-0.3, -0.25) is 0 Å². The molecule has 2 aromatic rings. The Kier molecular flexibility index (Phi) is 4.35. The minimum atomic E-state index is 0.293. The molecule has 1 N–H and O–H groups in total. The standard InChI is InChI=1S/C18H19Cl2NO/c1-21(2)18-8-6-13(11-3-7-16(19)17(20)9-11)14-5-4-12(22)10-15(14)18/h3-5,7,9-10,13,18,22H,6,8H2,1-2H3/t13-,18-/m0/s1. The van der Waals surface area contributed by atoms with Crippen LogP contribution in [0.2, 0.25) is 10.0 Å². The third-order valence-corrected chi connectivity index (χ3v) is 5.24. The number of rotatable bonds is 2. The van der Waals surface area contributed by atoms with Crippen LogP contribution in [0.4, 0.5) is 0 Å². The van der Waals surface area contributed by atoms with E-state index in [4.69, 9.17) is 23.2 Å². The molecule has 2 nitrogen and oxygen atoms in total. The van der Waals surface area contributed by atoms with Crippen molar-refractivity contribution in [3.63, 3.8) is 0 Å². The molecule has 0 saturated carbocycles. The summed E-state index contributed by atoms with van der Waals surface area (Å²) in [4.78, 5) is 2.21. The van der Waals surface area contributed by atoms with E-state index in [0.717, 1.165) is 12.8 Å². The summed E-state index contributed by atoms with van der Waals surface area (Å²) in [6.45, 7) is 0. The van der Waals surface area contributed by atoms with Crippen molar-refractivity contribution >= 4 is 23.2 Å². The van der Waals surface area contributed by atoms with Crippen molar-refractivity contribution < 1.29 is 5.11 Å². The molecular formula is C18H19Cl2NO. The highest BCUT2D eigenvalue weighted by atomic mass is 35.5. The second-order valence-corrected chi connectivity index (χ2v) is 6.91. The van der Waals surface area contributed by atoms with E-state index in [-0.39, 0.29) is 0 Å². The van der Waals surface area contributed by atoms with Crippen molar-refractivity contribution in [2.45, 2.75) is 24.8 Å². The Bertz CT molecular complexity index is 699. The molecule has 0 aliphatic heterocycles. The zero-order valence-corrected chi connectivity index (χ0v) is 14.2. The van der Waals surface area contributed by atoms with Crippen molar-refractivity contribution in [1.82, 2.24) is 4.90 Å². The van der Waals surface area contributed by atoms with E-state index in [1.54, 1.807) is 6.07 Å². The third kappa shape index (κ3) is 2.83. The van der Waals surface area contributed by atoms with Gasteiger partial charge < -0.3 is 10.0 Å². The van der Waals surface area contributed by atoms with Gasteiger partial charge in [-0.25, -0.2) is 0 Å². The molecule has 22 heavy (non-hydrogen) atoms. The lowest BCUT2D eigenvalue weighted by molar-refractivity contribution is 0.262. The first-order chi connectivity index (χ1) is 10.5. The third-order valence-electron chi connectivity index (χ3n) is 4.50. The highest BCUT2D eigenvalue weighted by molar-refractivity contribution is 6.42. The zero-order chi connectivity index (χ0) is 15.9. The summed E-state index contributed by atoms with van der Waals surface area (Å²) in [7, 11) is 4.16. The van der Waals surface area contributed by atoms with E-state index in [9.17, 15) is 5.11 Å². The van der Waals surface area contributed by atoms with Crippen LogP contribution in [0.5, 0.6) is 5.75 Å². The van der Waals surface area contributed by atoms with E-state index < -0.39 is 0 Å². The summed E-state index contributed by atoms with van der Waals surface area (Å²) in [5, 5.41) is 11.0. The quantitative estimate of drug-likeness (QED) is 0.812. The molecule has 1 aliphatic rings. The van der Waals surface area contributed by atoms with Gasteiger partial charge in [-0.2, -0.15) is 0 Å². The molecule has 1 aliphatic carbocycles. The van der Waals surface area contributed by atoms with Crippen LogP contribution < -0.4 is 0 Å². The summed E-state index contributed by atoms with van der Waals surface area (Å²) in [5.41, 5.74) is 3.65. The number of benzene rings is 2. The van der Waals surface area contributed by atoms with E-state index in [1.807, 2.05) is 30.3 Å². The van der Waals surface area contributed by atoms with Gasteiger partial charge in [-0.1, -0.05) is 35.3 Å². The molecule has 2 aromatic carbocycles. The molecule has 2 atom stereocenters. The van der Waals surface area contributed by atoms with Crippen molar-refractivity contribution in [3.8, 4) is 5.75 Å². The van der Waals surface area contributed by atoms with Crippen LogP contribution in [0.3, 0.4) is 0 Å². The Morgan fingerprint density at radius 2 is 1.73 bits per heavy atom. The van der Waals surface area contributed by atoms with E-state index in [0.29, 0.717) is 27.8 Å². The molecule has 0 bridgehead atoms. The van der Waals surface area contributed by atoms with E-state index in [2.05, 4.69) is 19.0 Å². The van der Waals surface area contributed by atoms with Crippen LogP contribution in [-0.4, -0.2) is 24.1 Å². The number of fused-ring (bicyclic) bond motifs is 1. The van der Waals surface area contributed by atoms with Crippen molar-refractivity contribution in [3.05, 3.63) is 63.1 Å². The zero-order valence-electron chi connectivity index (χ0n) is 12.7. The molecule has 3 rings (SSSR count). The Morgan fingerprint density at radius 1 is 0.955 bits per heavy atom. The molecular weight excluding hydrogens is 317 g/mol. The maximum absolute atomic E-state index is 9.87. The van der Waals surface area contributed by atoms with Crippen molar-refractivity contribution in [2.75, 3.05) is 14.1 Å². The summed E-state index contributed by atoms with van der Waals surface area (Å²) < 4.78 is 0. The van der Waals surface area contributed by atoms with Crippen LogP contribution in [-0.2, 0) is 0 Å². The van der Waals surface area contributed by atoms with E-state index in [1.165, 1.54) is 16.7 Å². The lowest BCUT2D eigenvalue weighted by Gasteiger charge is -2.35. The van der Waals surface area contributed by atoms with Gasteiger partial charge in [0.15, 0.2) is 0 Å². The Labute approximate surface area is 141 Å². The van der Waals surface area contributed by atoms with Gasteiger partial charge in [-0.05, 0) is 67.9 Å². The number of phenols is 1. The van der Waals surface area contributed by atoms with Crippen LogP contribution >= 0.6 is 23.2 Å². The Hall–Kier alpha value is -1.22. The molecule has 0 fully saturated rings. The van der Waals surface area contributed by atoms with Crippen LogP contribution in [0.15, 0.2) is 36.4 Å². The van der Waals surface area contributed by atoms with Gasteiger partial charge in [0.25, 0.3) is 0 Å². The fourth-order valence-corrected chi connectivity index (χ4v) is 3.72. The van der Waals surface area contributed by atoms with Gasteiger partial charge in [0.1, 0.15) is 5.75 Å². The van der Waals surface area contributed by atoms with Gasteiger partial charge in [0.2, 0.25) is 0 Å². The molecule has 0 heterocycles. The fraction of sp³-hybridized carbons (Fsp3) is 0.333. The summed E-state index contributed by atoms with van der Waals surface area (Å²) in [5.74, 6) is 0.613. The number of aromatic hydroxyl groups is 1. The van der Waals surface area contributed by atoms with Crippen molar-refractivity contribution in [2.24, 2.45) is 0 Å². The topological polar surface area (TPSA) is 23.5 Å². The predicted molar refractivity (Wildman–Crippen MR) is 92.1 cm³/mol. The number of hydrogen-bond acceptors (Lipinski definition) is 2. The first kappa shape index (κ1) is 15.7. The average Bonchev–Trinajstić information content (AvgIpc) is 2.48. The second-order valence-electron chi connectivity index (χ2n) is 6.10. The van der Waals surface area contributed by atoms with Gasteiger partial charge in [0.05, 0.1) is 10.0 Å². The minimum absolute atomic E-state index is 0.293. The lowest BCUT2D eigenvalue weighted by atomic mass is 9.76. The Balaban J connectivity index is 2.08. The van der Waals surface area contributed by atoms with Crippen LogP contribution in [0.1, 0.15) is 41.5 Å². The lowest BCUT2D eigenvalue weighted by Crippen LogP contribution is -2.26. The summed E-state index contributed by atoms with van der Waals surface area (Å²) >= 11 is 12.2. The number of nitrogens with zero attached hydrogens (tertiary/aromatic N) is 1. The van der Waals surface area contributed by atoms with Gasteiger partial charge in [0, 0.05) is 12.0 Å². The highest BCUT2D eigenvalue weighted by Crippen LogP contribution is 2.44. The number of phenolic OH excluding ortho intramolecular Hbond substituents is 1. The smallest absolute Gasteiger partial charge is 0.115 e. The fourth-order valence-electron chi connectivity index (χ4n) is 3.42. The minimum Gasteiger partial charge on any atom is -0.508 e. The second kappa shape index (κ2) is 6.11. The first-order valence-electron chi connectivity index (χ1n) is 7.41. The molecule has 4 heteroatoms. The van der Waals surface area contributed by atoms with E-state index >= 15 is 0 Å². The average molecular weight is 336 g/mol. The SMILES string of the molecule is CN(C)[C@H]1CC[C@@H](c2ccc(Cl)c(Cl)c2)c2ccc(O)cc21. The van der Waals surface area contributed by atoms with Crippen LogP contribution in [0, 0.1) is 0 Å². The maximum Gasteiger partial charge on any atom is 0.115 e. The highest BCUT2D eigenvalue weighted by Gasteiger charge is 2.29. The number of halogens is 2. The molecule has 0 unspecified atom stereocenters. The maximum atomic E-state index is 9.87. The van der Waals surface area contributed by atoms with Crippen molar-refractivity contribution in [1.29, 1.82) is 0 Å². The molecule has 0 saturated heterocycles. The molecule has 116 valence electrons. The molecule has 0 aromatic heterocycles. The van der Waals surface area contributed by atoms with Crippen LogP contribution in [0.25, 0.3) is 0 Å². The monoisotopic (exact) mass is 335 g/mol. The van der Waals surface area contributed by atoms with Gasteiger partial charge in [-0.15, -0.1) is 0 Å². The molecule has 0 amide bonds. The largest absolute Gasteiger partial charge is 0.508 e. The first-order valence-corrected chi connectivity index (χ1v) is 8.17. The summed E-state index contributed by atoms with van der Waals surface area (Å²) in [6, 6.07) is 11.9. The van der Waals surface area contributed by atoms with Gasteiger partial charge >= 0.3 is 0 Å². The predicted octanol–water partition coefficient (Wildman–Crippen LogP) is 5.23. The normalized spacial score (nSPS) is 21.0. The Morgan fingerprint density at radius 3 is 2.41 bits per heavy atom. The summed E-state index contributed by atoms with van der Waals surface area (Å²) in [6.07, 6.45) is 2.10. The molecule has 0 spiro atoms.